The molecule has 144 valence electrons. The lowest BCUT2D eigenvalue weighted by atomic mass is 10.2. The van der Waals surface area contributed by atoms with Crippen molar-refractivity contribution >= 4 is 29.0 Å². The number of esters is 1. The minimum Gasteiger partial charge on any atom is -0.451 e. The van der Waals surface area contributed by atoms with E-state index in [4.69, 9.17) is 4.74 Å². The van der Waals surface area contributed by atoms with Crippen molar-refractivity contribution in [2.24, 2.45) is 0 Å². The van der Waals surface area contributed by atoms with Gasteiger partial charge in [0.2, 0.25) is 0 Å². The summed E-state index contributed by atoms with van der Waals surface area (Å²) in [6, 6.07) is 24.4. The van der Waals surface area contributed by atoms with Gasteiger partial charge >= 0.3 is 5.97 Å². The summed E-state index contributed by atoms with van der Waals surface area (Å²) in [7, 11) is 0. The number of hydrogen-bond acceptors (Lipinski definition) is 5. The second-order valence-electron chi connectivity index (χ2n) is 6.13. The fraction of sp³-hybridized carbons (Fsp3) is 0.0455. The maximum absolute atomic E-state index is 12.4. The number of anilines is 1. The molecule has 0 saturated carbocycles. The highest BCUT2D eigenvalue weighted by atomic mass is 32.1. The average Bonchev–Trinajstić information content (AvgIpc) is 3.44. The Kier molecular flexibility index (Phi) is 5.49. The van der Waals surface area contributed by atoms with Gasteiger partial charge in [0.1, 0.15) is 10.7 Å². The second-order valence-corrected chi connectivity index (χ2v) is 7.08. The van der Waals surface area contributed by atoms with Crippen molar-refractivity contribution in [2.75, 3.05) is 11.9 Å². The van der Waals surface area contributed by atoms with E-state index >= 15 is 0 Å². The zero-order valence-corrected chi connectivity index (χ0v) is 16.1. The van der Waals surface area contributed by atoms with Crippen LogP contribution in [0.15, 0.2) is 84.2 Å². The Hall–Kier alpha value is -3.71. The highest BCUT2D eigenvalue weighted by Crippen LogP contribution is 2.24. The van der Waals surface area contributed by atoms with Crippen LogP contribution in [0.25, 0.3) is 16.9 Å². The molecular weight excluding hydrogens is 386 g/mol. The average molecular weight is 403 g/mol. The lowest BCUT2D eigenvalue weighted by Crippen LogP contribution is -2.22. The van der Waals surface area contributed by atoms with Crippen LogP contribution in [-0.4, -0.2) is 28.3 Å². The molecule has 7 heteroatoms. The Morgan fingerprint density at radius 3 is 2.38 bits per heavy atom. The minimum absolute atomic E-state index is 0.378. The van der Waals surface area contributed by atoms with Crippen LogP contribution in [-0.2, 0) is 9.53 Å². The molecule has 4 aromatic rings. The van der Waals surface area contributed by atoms with Gasteiger partial charge in [-0.2, -0.15) is 5.10 Å². The van der Waals surface area contributed by atoms with Gasteiger partial charge in [-0.05, 0) is 23.6 Å². The van der Waals surface area contributed by atoms with E-state index in [0.717, 1.165) is 16.9 Å². The maximum Gasteiger partial charge on any atom is 0.348 e. The summed E-state index contributed by atoms with van der Waals surface area (Å²) in [6.45, 7) is -0.378. The third kappa shape index (κ3) is 4.41. The Bertz CT molecular complexity index is 1110. The molecule has 4 rings (SSSR count). The van der Waals surface area contributed by atoms with Gasteiger partial charge in [0.25, 0.3) is 5.91 Å². The van der Waals surface area contributed by atoms with Crippen molar-refractivity contribution in [3.8, 4) is 16.9 Å². The van der Waals surface area contributed by atoms with Crippen LogP contribution in [0.5, 0.6) is 0 Å². The fourth-order valence-electron chi connectivity index (χ4n) is 2.76. The quantitative estimate of drug-likeness (QED) is 0.485. The Morgan fingerprint density at radius 2 is 1.69 bits per heavy atom. The van der Waals surface area contributed by atoms with E-state index in [1.165, 1.54) is 11.3 Å². The molecule has 0 spiro atoms. The number of para-hydroxylation sites is 1. The largest absolute Gasteiger partial charge is 0.451 e. The van der Waals surface area contributed by atoms with E-state index in [9.17, 15) is 9.59 Å². The number of hydrogen-bond donors (Lipinski definition) is 1. The van der Waals surface area contributed by atoms with Gasteiger partial charge in [-0.15, -0.1) is 11.3 Å². The van der Waals surface area contributed by atoms with E-state index in [1.54, 1.807) is 28.3 Å². The lowest BCUT2D eigenvalue weighted by molar-refractivity contribution is -0.119. The van der Waals surface area contributed by atoms with Crippen LogP contribution in [0.2, 0.25) is 0 Å². The summed E-state index contributed by atoms with van der Waals surface area (Å²) >= 11 is 1.27. The smallest absolute Gasteiger partial charge is 0.348 e. The summed E-state index contributed by atoms with van der Waals surface area (Å²) in [6.07, 6.45) is 0. The van der Waals surface area contributed by atoms with Crippen LogP contribution in [0.3, 0.4) is 0 Å². The van der Waals surface area contributed by atoms with Crippen LogP contribution in [0.4, 0.5) is 5.82 Å². The van der Waals surface area contributed by atoms with E-state index < -0.39 is 11.9 Å². The van der Waals surface area contributed by atoms with Crippen LogP contribution >= 0.6 is 11.3 Å². The summed E-state index contributed by atoms with van der Waals surface area (Å²) in [5.41, 5.74) is 2.46. The normalized spacial score (nSPS) is 10.5. The first-order valence-electron chi connectivity index (χ1n) is 8.92. The molecule has 2 aromatic carbocycles. The molecule has 29 heavy (non-hydrogen) atoms. The van der Waals surface area contributed by atoms with Crippen molar-refractivity contribution in [1.29, 1.82) is 0 Å². The number of aromatic nitrogens is 2. The zero-order valence-electron chi connectivity index (χ0n) is 15.3. The van der Waals surface area contributed by atoms with Gasteiger partial charge in [-0.1, -0.05) is 54.6 Å². The van der Waals surface area contributed by atoms with E-state index in [-0.39, 0.29) is 6.61 Å². The van der Waals surface area contributed by atoms with Crippen LogP contribution < -0.4 is 5.32 Å². The maximum atomic E-state index is 12.4. The predicted molar refractivity (Wildman–Crippen MR) is 112 cm³/mol. The fourth-order valence-corrected chi connectivity index (χ4v) is 3.38. The molecule has 2 aromatic heterocycles. The highest BCUT2D eigenvalue weighted by molar-refractivity contribution is 7.11. The molecular formula is C22H17N3O3S. The van der Waals surface area contributed by atoms with Gasteiger partial charge < -0.3 is 10.1 Å². The van der Waals surface area contributed by atoms with Gasteiger partial charge in [-0.25, -0.2) is 9.48 Å². The third-order valence-corrected chi connectivity index (χ3v) is 4.95. The minimum atomic E-state index is -0.517. The summed E-state index contributed by atoms with van der Waals surface area (Å²) in [4.78, 5) is 24.8. The Morgan fingerprint density at radius 1 is 0.966 bits per heavy atom. The number of carbonyl (C=O) groups is 2. The van der Waals surface area contributed by atoms with E-state index in [2.05, 4.69) is 10.4 Å². The molecule has 0 unspecified atom stereocenters. The molecule has 0 bridgehead atoms. The third-order valence-electron chi connectivity index (χ3n) is 4.10. The monoisotopic (exact) mass is 403 g/mol. The van der Waals surface area contributed by atoms with Crippen molar-refractivity contribution in [1.82, 2.24) is 9.78 Å². The number of carbonyl (C=O) groups excluding carboxylic acids is 2. The molecule has 6 nitrogen and oxygen atoms in total. The summed E-state index contributed by atoms with van der Waals surface area (Å²) in [5, 5.41) is 9.20. The Labute approximate surface area is 171 Å². The number of nitrogens with zero attached hydrogens (tertiary/aromatic N) is 2. The van der Waals surface area contributed by atoms with Crippen molar-refractivity contribution in [3.05, 3.63) is 89.1 Å². The molecule has 0 saturated heterocycles. The molecule has 2 heterocycles. The second kappa shape index (κ2) is 8.53. The molecule has 0 atom stereocenters. The first-order valence-corrected chi connectivity index (χ1v) is 9.80. The van der Waals surface area contributed by atoms with E-state index in [0.29, 0.717) is 10.7 Å². The number of benzene rings is 2. The molecule has 0 aliphatic carbocycles. The molecule has 0 fully saturated rings. The first kappa shape index (κ1) is 18.6. The summed E-state index contributed by atoms with van der Waals surface area (Å²) < 4.78 is 6.74. The molecule has 0 radical (unpaired) electrons. The van der Waals surface area contributed by atoms with E-state index in [1.807, 2.05) is 60.7 Å². The SMILES string of the molecule is O=C(COC(=O)c1cccs1)Nc1cc(-c2ccccc2)nn1-c1ccccc1. The Balaban J connectivity index is 1.54. The molecule has 1 amide bonds. The van der Waals surface area contributed by atoms with Crippen molar-refractivity contribution in [2.45, 2.75) is 0 Å². The topological polar surface area (TPSA) is 73.2 Å². The highest BCUT2D eigenvalue weighted by Gasteiger charge is 2.15. The lowest BCUT2D eigenvalue weighted by Gasteiger charge is -2.09. The molecule has 0 aliphatic rings. The van der Waals surface area contributed by atoms with Gasteiger partial charge in [-0.3, -0.25) is 4.79 Å². The number of amides is 1. The molecule has 0 aliphatic heterocycles. The van der Waals surface area contributed by atoms with Crippen molar-refractivity contribution in [3.63, 3.8) is 0 Å². The standard InChI is InChI=1S/C22H17N3O3S/c26-21(15-28-22(27)19-12-7-13-29-19)23-20-14-18(16-8-3-1-4-9-16)24-25(20)17-10-5-2-6-11-17/h1-14H,15H2,(H,23,26). The van der Waals surface area contributed by atoms with Crippen LogP contribution in [0, 0.1) is 0 Å². The number of thiophene rings is 1. The van der Waals surface area contributed by atoms with Crippen LogP contribution in [0.1, 0.15) is 9.67 Å². The number of ether oxygens (including phenoxy) is 1. The van der Waals surface area contributed by atoms with Gasteiger partial charge in [0, 0.05) is 11.6 Å². The van der Waals surface area contributed by atoms with Gasteiger partial charge in [0.15, 0.2) is 6.61 Å². The van der Waals surface area contributed by atoms with Gasteiger partial charge in [0.05, 0.1) is 11.4 Å². The summed E-state index contributed by atoms with van der Waals surface area (Å²) in [5.74, 6) is -0.462. The number of rotatable bonds is 6. The predicted octanol–water partition coefficient (Wildman–Crippen LogP) is 4.40. The zero-order chi connectivity index (χ0) is 20.1. The molecule has 1 N–H and O–H groups in total. The number of nitrogens with one attached hydrogen (secondary N) is 1. The van der Waals surface area contributed by atoms with Crippen molar-refractivity contribution < 1.29 is 14.3 Å². The first-order chi connectivity index (χ1) is 14.2.